The van der Waals surface area contributed by atoms with E-state index in [0.717, 1.165) is 19.4 Å². The molecule has 106 valence electrons. The van der Waals surface area contributed by atoms with Gasteiger partial charge in [0.05, 0.1) is 13.2 Å². The summed E-state index contributed by atoms with van der Waals surface area (Å²) in [4.78, 5) is 4.39. The first-order valence-electron chi connectivity index (χ1n) is 6.69. The Balaban J connectivity index is 1.85. The molecule has 0 spiro atoms. The number of halogens is 1. The number of piperidine rings is 1. The van der Waals surface area contributed by atoms with Crippen molar-refractivity contribution in [1.29, 1.82) is 0 Å². The number of nitrogens with one attached hydrogen (secondary N) is 1. The van der Waals surface area contributed by atoms with Crippen molar-refractivity contribution in [3.63, 3.8) is 0 Å². The molecule has 2 heterocycles. The highest BCUT2D eigenvalue weighted by atomic mass is 19.1. The number of benzene rings is 1. The molecule has 0 saturated carbocycles. The summed E-state index contributed by atoms with van der Waals surface area (Å²) in [5.41, 5.74) is 0.675. The van der Waals surface area contributed by atoms with E-state index < -0.39 is 5.82 Å². The first-order valence-corrected chi connectivity index (χ1v) is 6.69. The second-order valence-corrected chi connectivity index (χ2v) is 4.81. The number of methoxy groups -OCH3 is 1. The summed E-state index contributed by atoms with van der Waals surface area (Å²) in [5, 5.41) is 7.31. The molecule has 0 radical (unpaired) electrons. The van der Waals surface area contributed by atoms with Crippen LogP contribution in [0, 0.1) is 5.82 Å². The summed E-state index contributed by atoms with van der Waals surface area (Å²) in [5.74, 6) is 0.798. The van der Waals surface area contributed by atoms with Gasteiger partial charge in [-0.2, -0.15) is 4.98 Å². The number of rotatable bonds is 3. The average Bonchev–Trinajstić information content (AvgIpc) is 2.98. The second kappa shape index (κ2) is 5.58. The molecular weight excluding hydrogens is 261 g/mol. The zero-order chi connectivity index (χ0) is 13.9. The van der Waals surface area contributed by atoms with Crippen LogP contribution in [-0.2, 0) is 0 Å². The molecule has 1 aliphatic rings. The molecule has 0 amide bonds. The van der Waals surface area contributed by atoms with Gasteiger partial charge in [-0.1, -0.05) is 11.6 Å². The molecular formula is C14H16FN3O2. The van der Waals surface area contributed by atoms with Crippen molar-refractivity contribution in [3.05, 3.63) is 29.9 Å². The fourth-order valence-electron chi connectivity index (χ4n) is 2.36. The van der Waals surface area contributed by atoms with Gasteiger partial charge in [-0.3, -0.25) is 0 Å². The lowest BCUT2D eigenvalue weighted by Crippen LogP contribution is -2.26. The van der Waals surface area contributed by atoms with Crippen molar-refractivity contribution < 1.29 is 13.7 Å². The van der Waals surface area contributed by atoms with Gasteiger partial charge in [-0.05, 0) is 37.6 Å². The number of hydrogen-bond donors (Lipinski definition) is 1. The molecule has 1 fully saturated rings. The summed E-state index contributed by atoms with van der Waals surface area (Å²) in [6.45, 7) is 0.965. The van der Waals surface area contributed by atoms with Gasteiger partial charge in [0.15, 0.2) is 11.6 Å². The van der Waals surface area contributed by atoms with E-state index in [0.29, 0.717) is 17.3 Å². The maximum absolute atomic E-state index is 13.4. The topological polar surface area (TPSA) is 60.2 Å². The molecule has 1 aliphatic heterocycles. The minimum atomic E-state index is -0.408. The van der Waals surface area contributed by atoms with Gasteiger partial charge in [-0.25, -0.2) is 4.39 Å². The predicted molar refractivity (Wildman–Crippen MR) is 70.8 cm³/mol. The quantitative estimate of drug-likeness (QED) is 0.934. The third-order valence-electron chi connectivity index (χ3n) is 3.46. The highest BCUT2D eigenvalue weighted by Gasteiger charge is 2.21. The molecule has 1 aromatic carbocycles. The summed E-state index contributed by atoms with van der Waals surface area (Å²) in [6, 6.07) is 4.63. The minimum absolute atomic E-state index is 0.118. The Labute approximate surface area is 116 Å². The Morgan fingerprint density at radius 2 is 2.30 bits per heavy atom. The molecule has 6 heteroatoms. The van der Waals surface area contributed by atoms with Crippen LogP contribution in [0.2, 0.25) is 0 Å². The summed E-state index contributed by atoms with van der Waals surface area (Å²) < 4.78 is 23.6. The monoisotopic (exact) mass is 277 g/mol. The molecule has 0 aliphatic carbocycles. The van der Waals surface area contributed by atoms with Crippen molar-refractivity contribution in [1.82, 2.24) is 15.5 Å². The Morgan fingerprint density at radius 3 is 3.05 bits per heavy atom. The molecule has 3 rings (SSSR count). The standard InChI is InChI=1S/C14H16FN3O2/c1-19-12-8-9(5-6-10(12)15)13-17-14(20-18-13)11-4-2-3-7-16-11/h5-6,8,11,16H,2-4,7H2,1H3. The highest BCUT2D eigenvalue weighted by molar-refractivity contribution is 5.57. The Hall–Kier alpha value is -1.95. The number of ether oxygens (including phenoxy) is 1. The minimum Gasteiger partial charge on any atom is -0.494 e. The van der Waals surface area contributed by atoms with Gasteiger partial charge >= 0.3 is 0 Å². The molecule has 20 heavy (non-hydrogen) atoms. The lowest BCUT2D eigenvalue weighted by Gasteiger charge is -2.19. The van der Waals surface area contributed by atoms with E-state index in [4.69, 9.17) is 9.26 Å². The van der Waals surface area contributed by atoms with Gasteiger partial charge in [-0.15, -0.1) is 0 Å². The first-order chi connectivity index (χ1) is 9.78. The van der Waals surface area contributed by atoms with Crippen LogP contribution < -0.4 is 10.1 Å². The number of aromatic nitrogens is 2. The second-order valence-electron chi connectivity index (χ2n) is 4.81. The summed E-state index contributed by atoms with van der Waals surface area (Å²) in [6.07, 6.45) is 3.32. The van der Waals surface area contributed by atoms with Crippen LogP contribution in [0.15, 0.2) is 22.7 Å². The van der Waals surface area contributed by atoms with Gasteiger partial charge in [0.2, 0.25) is 11.7 Å². The van der Waals surface area contributed by atoms with Crippen LogP contribution in [0.5, 0.6) is 5.75 Å². The SMILES string of the molecule is COc1cc(-c2noc(C3CCCCN3)n2)ccc1F. The normalized spacial score (nSPS) is 19.0. The van der Waals surface area contributed by atoms with Gasteiger partial charge < -0.3 is 14.6 Å². The van der Waals surface area contributed by atoms with Crippen molar-refractivity contribution in [2.45, 2.75) is 25.3 Å². The van der Waals surface area contributed by atoms with Crippen molar-refractivity contribution in [2.24, 2.45) is 0 Å². The molecule has 1 saturated heterocycles. The lowest BCUT2D eigenvalue weighted by atomic mass is 10.1. The van der Waals surface area contributed by atoms with Gasteiger partial charge in [0.25, 0.3) is 0 Å². The van der Waals surface area contributed by atoms with Crippen LogP contribution in [0.4, 0.5) is 4.39 Å². The average molecular weight is 277 g/mol. The molecule has 1 atom stereocenters. The summed E-state index contributed by atoms with van der Waals surface area (Å²) in [7, 11) is 1.43. The van der Waals surface area contributed by atoms with Gasteiger partial charge in [0.1, 0.15) is 0 Å². The lowest BCUT2D eigenvalue weighted by molar-refractivity contribution is 0.297. The van der Waals surface area contributed by atoms with E-state index >= 15 is 0 Å². The largest absolute Gasteiger partial charge is 0.494 e. The van der Waals surface area contributed by atoms with Crippen molar-refractivity contribution in [3.8, 4) is 17.1 Å². The van der Waals surface area contributed by atoms with E-state index in [-0.39, 0.29) is 11.8 Å². The summed E-state index contributed by atoms with van der Waals surface area (Å²) >= 11 is 0. The van der Waals surface area contributed by atoms with E-state index in [2.05, 4.69) is 15.5 Å². The van der Waals surface area contributed by atoms with Crippen LogP contribution >= 0.6 is 0 Å². The maximum atomic E-state index is 13.4. The molecule has 1 N–H and O–H groups in total. The van der Waals surface area contributed by atoms with E-state index in [9.17, 15) is 4.39 Å². The Kier molecular flexibility index (Phi) is 3.64. The maximum Gasteiger partial charge on any atom is 0.244 e. The van der Waals surface area contributed by atoms with Crippen molar-refractivity contribution >= 4 is 0 Å². The van der Waals surface area contributed by atoms with Crippen LogP contribution in [0.3, 0.4) is 0 Å². The molecule has 0 bridgehead atoms. The van der Waals surface area contributed by atoms with Crippen LogP contribution in [0.1, 0.15) is 31.2 Å². The molecule has 1 unspecified atom stereocenters. The van der Waals surface area contributed by atoms with Gasteiger partial charge in [0, 0.05) is 5.56 Å². The predicted octanol–water partition coefficient (Wildman–Crippen LogP) is 2.70. The fraction of sp³-hybridized carbons (Fsp3) is 0.429. The van der Waals surface area contributed by atoms with E-state index in [1.807, 2.05) is 0 Å². The van der Waals surface area contributed by atoms with Crippen LogP contribution in [-0.4, -0.2) is 23.8 Å². The zero-order valence-corrected chi connectivity index (χ0v) is 11.2. The smallest absolute Gasteiger partial charge is 0.244 e. The zero-order valence-electron chi connectivity index (χ0n) is 11.2. The van der Waals surface area contributed by atoms with E-state index in [1.54, 1.807) is 12.1 Å². The van der Waals surface area contributed by atoms with E-state index in [1.165, 1.54) is 19.6 Å². The highest BCUT2D eigenvalue weighted by Crippen LogP contribution is 2.27. The Bertz CT molecular complexity index is 594. The third kappa shape index (κ3) is 2.51. The Morgan fingerprint density at radius 1 is 1.40 bits per heavy atom. The molecule has 1 aromatic heterocycles. The van der Waals surface area contributed by atoms with Crippen LogP contribution in [0.25, 0.3) is 11.4 Å². The third-order valence-corrected chi connectivity index (χ3v) is 3.46. The first kappa shape index (κ1) is 13.1. The van der Waals surface area contributed by atoms with Crippen molar-refractivity contribution in [2.75, 3.05) is 13.7 Å². The number of nitrogens with zero attached hydrogens (tertiary/aromatic N) is 2. The molecule has 2 aromatic rings. The number of hydrogen-bond acceptors (Lipinski definition) is 5. The fourth-order valence-corrected chi connectivity index (χ4v) is 2.36. The molecule has 5 nitrogen and oxygen atoms in total.